The minimum atomic E-state index is -3.62. The number of hydrogen-bond donors (Lipinski definition) is 0. The third kappa shape index (κ3) is 5.02. The molecule has 3 rings (SSSR count). The van der Waals surface area contributed by atoms with Crippen molar-refractivity contribution in [1.82, 2.24) is 9.21 Å². The van der Waals surface area contributed by atoms with Crippen molar-refractivity contribution < 1.29 is 17.9 Å². The number of methoxy groups -OCH3 is 1. The Labute approximate surface area is 179 Å². The standard InChI is InChI=1S/C23H30N2O4S/c1-23(2)14-5-15-25(17-23)22(26)19-8-6-18(7-9-19)16-24(3)30(27,28)21-12-10-20(29-4)11-13-21/h6-13H,5,14-17H2,1-4H3. The summed E-state index contributed by atoms with van der Waals surface area (Å²) in [4.78, 5) is 15.0. The molecular formula is C23H30N2O4S. The molecule has 0 saturated carbocycles. The molecule has 7 heteroatoms. The lowest BCUT2D eigenvalue weighted by Crippen LogP contribution is -2.43. The van der Waals surface area contributed by atoms with Crippen molar-refractivity contribution in [3.63, 3.8) is 0 Å². The molecule has 1 aliphatic heterocycles. The van der Waals surface area contributed by atoms with Crippen LogP contribution >= 0.6 is 0 Å². The predicted molar refractivity (Wildman–Crippen MR) is 117 cm³/mol. The van der Waals surface area contributed by atoms with Gasteiger partial charge in [0.25, 0.3) is 5.91 Å². The summed E-state index contributed by atoms with van der Waals surface area (Å²) in [5.41, 5.74) is 1.61. The largest absolute Gasteiger partial charge is 0.497 e. The van der Waals surface area contributed by atoms with Crippen LogP contribution in [0, 0.1) is 5.41 Å². The fourth-order valence-corrected chi connectivity index (χ4v) is 4.96. The summed E-state index contributed by atoms with van der Waals surface area (Å²) in [7, 11) is -0.528. The molecule has 0 N–H and O–H groups in total. The lowest BCUT2D eigenvalue weighted by molar-refractivity contribution is 0.0583. The van der Waals surface area contributed by atoms with Crippen LogP contribution in [0.2, 0.25) is 0 Å². The highest BCUT2D eigenvalue weighted by Crippen LogP contribution is 2.29. The van der Waals surface area contributed by atoms with Crippen molar-refractivity contribution in [2.45, 2.75) is 38.1 Å². The number of sulfonamides is 1. The van der Waals surface area contributed by atoms with Gasteiger partial charge in [0.05, 0.1) is 12.0 Å². The first kappa shape index (κ1) is 22.3. The Balaban J connectivity index is 1.68. The number of carbonyl (C=O) groups excluding carboxylic acids is 1. The maximum absolute atomic E-state index is 12.8. The second kappa shape index (κ2) is 8.78. The van der Waals surface area contributed by atoms with Crippen molar-refractivity contribution in [3.8, 4) is 5.75 Å². The van der Waals surface area contributed by atoms with Gasteiger partial charge in [-0.25, -0.2) is 8.42 Å². The van der Waals surface area contributed by atoms with Gasteiger partial charge in [0.1, 0.15) is 5.75 Å². The Bertz CT molecular complexity index is 983. The zero-order valence-electron chi connectivity index (χ0n) is 18.1. The minimum absolute atomic E-state index is 0.0357. The molecule has 1 fully saturated rings. The zero-order chi connectivity index (χ0) is 21.9. The van der Waals surface area contributed by atoms with Crippen LogP contribution in [0.5, 0.6) is 5.75 Å². The summed E-state index contributed by atoms with van der Waals surface area (Å²) in [6.45, 7) is 6.14. The van der Waals surface area contributed by atoms with Crippen molar-refractivity contribution in [2.24, 2.45) is 5.41 Å². The molecule has 6 nitrogen and oxygen atoms in total. The second-order valence-electron chi connectivity index (χ2n) is 8.63. The highest BCUT2D eigenvalue weighted by atomic mass is 32.2. The van der Waals surface area contributed by atoms with Gasteiger partial charge in [-0.1, -0.05) is 26.0 Å². The molecule has 30 heavy (non-hydrogen) atoms. The van der Waals surface area contributed by atoms with Gasteiger partial charge in [-0.2, -0.15) is 4.31 Å². The number of hydrogen-bond acceptors (Lipinski definition) is 4. The Kier molecular flexibility index (Phi) is 6.53. The van der Waals surface area contributed by atoms with E-state index in [2.05, 4.69) is 13.8 Å². The molecule has 1 amide bonds. The maximum Gasteiger partial charge on any atom is 0.253 e. The second-order valence-corrected chi connectivity index (χ2v) is 10.7. The third-order valence-electron chi connectivity index (χ3n) is 5.56. The first-order valence-corrected chi connectivity index (χ1v) is 11.5. The SMILES string of the molecule is COc1ccc(S(=O)(=O)N(C)Cc2ccc(C(=O)N3CCCC(C)(C)C3)cc2)cc1. The molecule has 0 aliphatic carbocycles. The van der Waals surface area contributed by atoms with Crippen LogP contribution in [0.1, 0.15) is 42.6 Å². The summed E-state index contributed by atoms with van der Waals surface area (Å²) in [5, 5.41) is 0. The molecule has 0 atom stereocenters. The van der Waals surface area contributed by atoms with Crippen LogP contribution < -0.4 is 4.74 Å². The number of amides is 1. The summed E-state index contributed by atoms with van der Waals surface area (Å²) in [6, 6.07) is 13.5. The van der Waals surface area contributed by atoms with Crippen molar-refractivity contribution >= 4 is 15.9 Å². The Morgan fingerprint density at radius 2 is 1.73 bits per heavy atom. The van der Waals surface area contributed by atoms with Gasteiger partial charge >= 0.3 is 0 Å². The molecule has 162 valence electrons. The van der Waals surface area contributed by atoms with E-state index in [1.54, 1.807) is 31.3 Å². The van der Waals surface area contributed by atoms with Gasteiger partial charge in [-0.15, -0.1) is 0 Å². The van der Waals surface area contributed by atoms with Crippen molar-refractivity contribution in [3.05, 3.63) is 59.7 Å². The number of piperidine rings is 1. The first-order chi connectivity index (χ1) is 14.1. The molecule has 0 aromatic heterocycles. The van der Waals surface area contributed by atoms with E-state index in [9.17, 15) is 13.2 Å². The summed E-state index contributed by atoms with van der Waals surface area (Å²) >= 11 is 0. The number of rotatable bonds is 6. The monoisotopic (exact) mass is 430 g/mol. The van der Waals surface area contributed by atoms with E-state index in [0.717, 1.165) is 31.5 Å². The number of nitrogens with zero attached hydrogens (tertiary/aromatic N) is 2. The Morgan fingerprint density at radius 3 is 2.30 bits per heavy atom. The predicted octanol–water partition coefficient (Wildman–Crippen LogP) is 3.78. The first-order valence-electron chi connectivity index (χ1n) is 10.1. The van der Waals surface area contributed by atoms with E-state index in [0.29, 0.717) is 11.3 Å². The molecule has 0 bridgehead atoms. The van der Waals surface area contributed by atoms with Gasteiger partial charge < -0.3 is 9.64 Å². The van der Waals surface area contributed by atoms with E-state index in [1.807, 2.05) is 17.0 Å². The van der Waals surface area contributed by atoms with Crippen LogP contribution in [0.4, 0.5) is 0 Å². The van der Waals surface area contributed by atoms with Gasteiger partial charge in [-0.3, -0.25) is 4.79 Å². The molecule has 2 aromatic carbocycles. The molecule has 0 unspecified atom stereocenters. The van der Waals surface area contributed by atoms with E-state index < -0.39 is 10.0 Å². The van der Waals surface area contributed by atoms with E-state index in [-0.39, 0.29) is 22.8 Å². The Morgan fingerprint density at radius 1 is 1.10 bits per heavy atom. The van der Waals surface area contributed by atoms with E-state index >= 15 is 0 Å². The normalized spacial score (nSPS) is 16.5. The molecule has 0 spiro atoms. The number of likely N-dealkylation sites (tertiary alicyclic amines) is 1. The summed E-state index contributed by atoms with van der Waals surface area (Å²) in [6.07, 6.45) is 2.15. The number of benzene rings is 2. The highest BCUT2D eigenvalue weighted by Gasteiger charge is 2.29. The highest BCUT2D eigenvalue weighted by molar-refractivity contribution is 7.89. The van der Waals surface area contributed by atoms with E-state index in [1.165, 1.54) is 23.5 Å². The van der Waals surface area contributed by atoms with Crippen LogP contribution in [-0.2, 0) is 16.6 Å². The van der Waals surface area contributed by atoms with Gasteiger partial charge in [0.15, 0.2) is 0 Å². The lowest BCUT2D eigenvalue weighted by Gasteiger charge is -2.38. The van der Waals surface area contributed by atoms with Crippen LogP contribution in [0.25, 0.3) is 0 Å². The Hall–Kier alpha value is -2.38. The summed E-state index contributed by atoms with van der Waals surface area (Å²) < 4.78 is 32.0. The third-order valence-corrected chi connectivity index (χ3v) is 7.38. The maximum atomic E-state index is 12.8. The van der Waals surface area contributed by atoms with Crippen LogP contribution in [-0.4, -0.2) is 50.8 Å². The number of ether oxygens (including phenoxy) is 1. The zero-order valence-corrected chi connectivity index (χ0v) is 18.9. The van der Waals surface area contributed by atoms with Crippen molar-refractivity contribution in [1.29, 1.82) is 0 Å². The molecule has 1 heterocycles. The van der Waals surface area contributed by atoms with E-state index in [4.69, 9.17) is 4.74 Å². The fourth-order valence-electron chi connectivity index (χ4n) is 3.80. The van der Waals surface area contributed by atoms with Crippen molar-refractivity contribution in [2.75, 3.05) is 27.2 Å². The topological polar surface area (TPSA) is 66.9 Å². The molecule has 1 saturated heterocycles. The van der Waals surface area contributed by atoms with Gasteiger partial charge in [0, 0.05) is 32.2 Å². The average Bonchev–Trinajstić information content (AvgIpc) is 2.73. The average molecular weight is 431 g/mol. The quantitative estimate of drug-likeness (QED) is 0.700. The molecule has 1 aliphatic rings. The molecule has 0 radical (unpaired) electrons. The summed E-state index contributed by atoms with van der Waals surface area (Å²) in [5.74, 6) is 0.641. The lowest BCUT2D eigenvalue weighted by atomic mass is 9.84. The van der Waals surface area contributed by atoms with Crippen LogP contribution in [0.3, 0.4) is 0 Å². The smallest absolute Gasteiger partial charge is 0.253 e. The fraction of sp³-hybridized carbons (Fsp3) is 0.435. The molecular weight excluding hydrogens is 400 g/mol. The van der Waals surface area contributed by atoms with Gasteiger partial charge in [0.2, 0.25) is 10.0 Å². The van der Waals surface area contributed by atoms with Crippen LogP contribution in [0.15, 0.2) is 53.4 Å². The number of carbonyl (C=O) groups is 1. The molecule has 2 aromatic rings. The van der Waals surface area contributed by atoms with Gasteiger partial charge in [-0.05, 0) is 60.2 Å². The minimum Gasteiger partial charge on any atom is -0.497 e.